The van der Waals surface area contributed by atoms with Crippen LogP contribution in [0, 0.1) is 12.7 Å². The number of hydrogen-bond donors (Lipinski definition) is 2. The van der Waals surface area contributed by atoms with Crippen molar-refractivity contribution in [3.05, 3.63) is 95.3 Å². The Hall–Kier alpha value is -3.19. The Kier molecular flexibility index (Phi) is 5.98. The molecule has 150 valence electrons. The van der Waals surface area contributed by atoms with Crippen LogP contribution in [0.5, 0.6) is 0 Å². The van der Waals surface area contributed by atoms with Crippen molar-refractivity contribution in [1.82, 2.24) is 5.32 Å². The first-order chi connectivity index (χ1) is 13.8. The van der Waals surface area contributed by atoms with E-state index in [0.29, 0.717) is 0 Å². The molecule has 5 nitrogen and oxygen atoms in total. The number of aryl methyl sites for hydroxylation is 1. The van der Waals surface area contributed by atoms with Gasteiger partial charge in [-0.05, 0) is 49.7 Å². The van der Waals surface area contributed by atoms with Gasteiger partial charge in [-0.1, -0.05) is 48.0 Å². The topological polar surface area (TPSA) is 75.3 Å². The van der Waals surface area contributed by atoms with Crippen LogP contribution in [0.1, 0.15) is 34.5 Å². The number of carbonyl (C=O) groups excluding carboxylic acids is 1. The van der Waals surface area contributed by atoms with Crippen LogP contribution in [0.2, 0.25) is 0 Å². The van der Waals surface area contributed by atoms with Crippen molar-refractivity contribution < 1.29 is 17.6 Å². The van der Waals surface area contributed by atoms with Crippen LogP contribution < -0.4 is 10.0 Å². The van der Waals surface area contributed by atoms with Crippen LogP contribution in [0.25, 0.3) is 0 Å². The molecule has 1 amide bonds. The number of sulfonamides is 1. The molecule has 0 spiro atoms. The Balaban J connectivity index is 1.78. The summed E-state index contributed by atoms with van der Waals surface area (Å²) in [6, 6.07) is 18.6. The van der Waals surface area contributed by atoms with Crippen LogP contribution in [0.4, 0.5) is 10.1 Å². The molecule has 3 aromatic carbocycles. The highest BCUT2D eigenvalue weighted by Crippen LogP contribution is 2.20. The first kappa shape index (κ1) is 20.5. The second-order valence-electron chi connectivity index (χ2n) is 6.72. The molecule has 3 aromatic rings. The lowest BCUT2D eigenvalue weighted by Gasteiger charge is -2.15. The van der Waals surface area contributed by atoms with Crippen molar-refractivity contribution in [2.24, 2.45) is 0 Å². The van der Waals surface area contributed by atoms with Gasteiger partial charge in [0, 0.05) is 5.56 Å². The van der Waals surface area contributed by atoms with E-state index in [4.69, 9.17) is 0 Å². The zero-order valence-corrected chi connectivity index (χ0v) is 16.8. The van der Waals surface area contributed by atoms with Gasteiger partial charge in [0.15, 0.2) is 0 Å². The van der Waals surface area contributed by atoms with Crippen LogP contribution in [-0.2, 0) is 10.0 Å². The van der Waals surface area contributed by atoms with E-state index in [2.05, 4.69) is 10.0 Å². The summed E-state index contributed by atoms with van der Waals surface area (Å²) in [6.07, 6.45) is 0. The number of hydrogen-bond acceptors (Lipinski definition) is 3. The molecule has 3 rings (SSSR count). The Bertz CT molecular complexity index is 1130. The van der Waals surface area contributed by atoms with E-state index >= 15 is 0 Å². The molecular weight excluding hydrogens is 391 g/mol. The van der Waals surface area contributed by atoms with Gasteiger partial charge in [0.2, 0.25) is 0 Å². The third kappa shape index (κ3) is 5.00. The second kappa shape index (κ2) is 8.45. The third-order valence-corrected chi connectivity index (χ3v) is 5.81. The maximum absolute atomic E-state index is 13.8. The highest BCUT2D eigenvalue weighted by atomic mass is 32.2. The number of anilines is 1. The molecule has 0 aromatic heterocycles. The highest BCUT2D eigenvalue weighted by Gasteiger charge is 2.19. The smallest absolute Gasteiger partial charge is 0.262 e. The molecule has 0 radical (unpaired) electrons. The SMILES string of the molecule is Cc1ccc(C(C)NC(=O)c2cccc(S(=O)(=O)Nc3ccccc3F)c2)cc1. The molecular formula is C22H21FN2O3S. The maximum atomic E-state index is 13.8. The molecule has 0 aliphatic rings. The Morgan fingerprint density at radius 2 is 1.66 bits per heavy atom. The molecule has 0 aliphatic heterocycles. The van der Waals surface area contributed by atoms with E-state index in [1.54, 1.807) is 0 Å². The standard InChI is InChI=1S/C22H21FN2O3S/c1-15-10-12-17(13-11-15)16(2)24-22(26)18-6-5-7-19(14-18)29(27,28)25-21-9-4-3-8-20(21)23/h3-14,16,25H,1-2H3,(H,24,26). The summed E-state index contributed by atoms with van der Waals surface area (Å²) in [6.45, 7) is 3.83. The number of carbonyl (C=O) groups is 1. The van der Waals surface area contributed by atoms with Gasteiger partial charge in [0.25, 0.3) is 15.9 Å². The third-order valence-electron chi connectivity index (χ3n) is 4.45. The summed E-state index contributed by atoms with van der Waals surface area (Å²) < 4.78 is 41.2. The van der Waals surface area contributed by atoms with Gasteiger partial charge in [-0.2, -0.15) is 0 Å². The minimum Gasteiger partial charge on any atom is -0.346 e. The minimum atomic E-state index is -4.05. The quantitative estimate of drug-likeness (QED) is 0.629. The number of halogens is 1. The summed E-state index contributed by atoms with van der Waals surface area (Å²) in [4.78, 5) is 12.5. The molecule has 0 saturated carbocycles. The van der Waals surface area contributed by atoms with Crippen LogP contribution in [0.3, 0.4) is 0 Å². The van der Waals surface area contributed by atoms with E-state index in [9.17, 15) is 17.6 Å². The fourth-order valence-electron chi connectivity index (χ4n) is 2.77. The number of para-hydroxylation sites is 1. The Morgan fingerprint density at radius 3 is 2.34 bits per heavy atom. The van der Waals surface area contributed by atoms with Crippen molar-refractivity contribution in [1.29, 1.82) is 0 Å². The zero-order valence-electron chi connectivity index (χ0n) is 16.0. The number of benzene rings is 3. The van der Waals surface area contributed by atoms with Crippen molar-refractivity contribution in [2.45, 2.75) is 24.8 Å². The molecule has 0 aliphatic carbocycles. The molecule has 1 atom stereocenters. The zero-order chi connectivity index (χ0) is 21.0. The molecule has 0 fully saturated rings. The number of nitrogens with one attached hydrogen (secondary N) is 2. The fraction of sp³-hybridized carbons (Fsp3) is 0.136. The summed E-state index contributed by atoms with van der Waals surface area (Å²) in [5.41, 5.74) is 2.09. The average molecular weight is 412 g/mol. The molecule has 0 heterocycles. The van der Waals surface area contributed by atoms with Gasteiger partial charge >= 0.3 is 0 Å². The normalized spacial score (nSPS) is 12.2. The number of rotatable bonds is 6. The van der Waals surface area contributed by atoms with Crippen LogP contribution >= 0.6 is 0 Å². The highest BCUT2D eigenvalue weighted by molar-refractivity contribution is 7.92. The first-order valence-electron chi connectivity index (χ1n) is 9.01. The summed E-state index contributed by atoms with van der Waals surface area (Å²) in [5.74, 6) is -1.09. The number of amides is 1. The minimum absolute atomic E-state index is 0.128. The van der Waals surface area contributed by atoms with Crippen molar-refractivity contribution in [3.63, 3.8) is 0 Å². The monoisotopic (exact) mass is 412 g/mol. The maximum Gasteiger partial charge on any atom is 0.262 e. The van der Waals surface area contributed by atoms with Crippen molar-refractivity contribution in [2.75, 3.05) is 4.72 Å². The van der Waals surface area contributed by atoms with E-state index in [1.807, 2.05) is 38.1 Å². The van der Waals surface area contributed by atoms with Crippen molar-refractivity contribution >= 4 is 21.6 Å². The summed E-state index contributed by atoms with van der Waals surface area (Å²) in [5, 5.41) is 2.86. The summed E-state index contributed by atoms with van der Waals surface area (Å²) >= 11 is 0. The van der Waals surface area contributed by atoms with Gasteiger partial charge < -0.3 is 5.32 Å². The molecule has 29 heavy (non-hydrogen) atoms. The summed E-state index contributed by atoms with van der Waals surface area (Å²) in [7, 11) is -4.05. The predicted molar refractivity (Wildman–Crippen MR) is 111 cm³/mol. The Morgan fingerprint density at radius 1 is 0.966 bits per heavy atom. The van der Waals surface area contributed by atoms with Gasteiger partial charge in [-0.15, -0.1) is 0 Å². The molecule has 7 heteroatoms. The van der Waals surface area contributed by atoms with E-state index in [1.165, 1.54) is 42.5 Å². The lowest BCUT2D eigenvalue weighted by atomic mass is 10.1. The molecule has 0 bridgehead atoms. The molecule has 0 saturated heterocycles. The van der Waals surface area contributed by atoms with Gasteiger partial charge in [-0.3, -0.25) is 9.52 Å². The first-order valence-corrected chi connectivity index (χ1v) is 10.5. The van der Waals surface area contributed by atoms with E-state index in [-0.39, 0.29) is 22.2 Å². The fourth-order valence-corrected chi connectivity index (χ4v) is 3.88. The second-order valence-corrected chi connectivity index (χ2v) is 8.40. The molecule has 2 N–H and O–H groups in total. The predicted octanol–water partition coefficient (Wildman–Crippen LogP) is 4.43. The lowest BCUT2D eigenvalue weighted by molar-refractivity contribution is 0.0939. The lowest BCUT2D eigenvalue weighted by Crippen LogP contribution is -2.27. The van der Waals surface area contributed by atoms with E-state index < -0.39 is 21.7 Å². The largest absolute Gasteiger partial charge is 0.346 e. The Labute approximate surface area is 169 Å². The van der Waals surface area contributed by atoms with Gasteiger partial charge in [0.05, 0.1) is 16.6 Å². The van der Waals surface area contributed by atoms with Gasteiger partial charge in [-0.25, -0.2) is 12.8 Å². The van der Waals surface area contributed by atoms with Crippen LogP contribution in [-0.4, -0.2) is 14.3 Å². The molecule has 1 unspecified atom stereocenters. The average Bonchev–Trinajstić information content (AvgIpc) is 2.70. The van der Waals surface area contributed by atoms with E-state index in [0.717, 1.165) is 17.2 Å². The van der Waals surface area contributed by atoms with Crippen molar-refractivity contribution in [3.8, 4) is 0 Å². The van der Waals surface area contributed by atoms with Gasteiger partial charge in [0.1, 0.15) is 5.82 Å². The van der Waals surface area contributed by atoms with Crippen LogP contribution in [0.15, 0.2) is 77.7 Å².